The number of nitrogens with zero attached hydrogens (tertiary/aromatic N) is 5. The SMILES string of the molecule is COc1ccc(-n2c(SCC(=O)N/N=C/C=C/c3ccccc3[N+](=O)[O-])nnc2-c2ccccc2)cc1. The summed E-state index contributed by atoms with van der Waals surface area (Å²) < 4.78 is 7.14. The second kappa shape index (κ2) is 12.3. The molecule has 0 radical (unpaired) electrons. The Hall–Kier alpha value is -4.77. The van der Waals surface area contributed by atoms with Crippen molar-refractivity contribution >= 4 is 35.6 Å². The maximum atomic E-state index is 12.4. The van der Waals surface area contributed by atoms with Crippen molar-refractivity contribution in [2.45, 2.75) is 5.16 Å². The number of carbonyl (C=O) groups is 1. The molecule has 0 spiro atoms. The number of allylic oxidation sites excluding steroid dienone is 1. The van der Waals surface area contributed by atoms with Crippen LogP contribution in [0, 0.1) is 10.1 Å². The Morgan fingerprint density at radius 1 is 1.08 bits per heavy atom. The van der Waals surface area contributed by atoms with Crippen molar-refractivity contribution in [2.75, 3.05) is 12.9 Å². The number of methoxy groups -OCH3 is 1. The average Bonchev–Trinajstić information content (AvgIpc) is 3.36. The first-order valence-corrected chi connectivity index (χ1v) is 12.1. The molecule has 0 atom stereocenters. The van der Waals surface area contributed by atoms with Gasteiger partial charge in [0.15, 0.2) is 11.0 Å². The van der Waals surface area contributed by atoms with Gasteiger partial charge in [-0.3, -0.25) is 19.5 Å². The van der Waals surface area contributed by atoms with E-state index in [-0.39, 0.29) is 17.3 Å². The smallest absolute Gasteiger partial charge is 0.276 e. The first-order valence-electron chi connectivity index (χ1n) is 11.1. The van der Waals surface area contributed by atoms with Crippen molar-refractivity contribution in [3.8, 4) is 22.8 Å². The molecule has 0 unspecified atom stereocenters. The van der Waals surface area contributed by atoms with Gasteiger partial charge in [0, 0.05) is 23.5 Å². The average molecular weight is 515 g/mol. The lowest BCUT2D eigenvalue weighted by Crippen LogP contribution is -2.19. The van der Waals surface area contributed by atoms with Gasteiger partial charge in [-0.25, -0.2) is 5.43 Å². The molecule has 4 rings (SSSR count). The van der Waals surface area contributed by atoms with Crippen LogP contribution >= 0.6 is 11.8 Å². The molecule has 1 heterocycles. The molecule has 0 aliphatic rings. The molecule has 11 heteroatoms. The zero-order valence-electron chi connectivity index (χ0n) is 19.7. The highest BCUT2D eigenvalue weighted by Gasteiger charge is 2.17. The summed E-state index contributed by atoms with van der Waals surface area (Å²) in [4.78, 5) is 23.0. The Balaban J connectivity index is 1.43. The molecule has 0 aliphatic heterocycles. The second-order valence-electron chi connectivity index (χ2n) is 7.48. The second-order valence-corrected chi connectivity index (χ2v) is 8.43. The molecule has 4 aromatic rings. The maximum Gasteiger partial charge on any atom is 0.276 e. The number of hydrazone groups is 1. The van der Waals surface area contributed by atoms with Crippen molar-refractivity contribution in [2.24, 2.45) is 5.10 Å². The molecule has 37 heavy (non-hydrogen) atoms. The zero-order chi connectivity index (χ0) is 26.0. The summed E-state index contributed by atoms with van der Waals surface area (Å²) in [6, 6.07) is 23.5. The van der Waals surface area contributed by atoms with Gasteiger partial charge in [-0.1, -0.05) is 54.2 Å². The van der Waals surface area contributed by atoms with Crippen LogP contribution in [0.3, 0.4) is 0 Å². The summed E-state index contributed by atoms with van der Waals surface area (Å²) in [5.74, 6) is 1.08. The topological polar surface area (TPSA) is 125 Å². The molecule has 1 N–H and O–H groups in total. The van der Waals surface area contributed by atoms with E-state index in [0.717, 1.165) is 17.0 Å². The molecule has 3 aromatic carbocycles. The lowest BCUT2D eigenvalue weighted by atomic mass is 10.2. The van der Waals surface area contributed by atoms with Gasteiger partial charge in [0.1, 0.15) is 5.75 Å². The number of hydrogen-bond donors (Lipinski definition) is 1. The largest absolute Gasteiger partial charge is 0.497 e. The van der Waals surface area contributed by atoms with Gasteiger partial charge < -0.3 is 4.74 Å². The number of nitrogens with one attached hydrogen (secondary N) is 1. The number of thioether (sulfide) groups is 1. The Kier molecular flexibility index (Phi) is 8.40. The van der Waals surface area contributed by atoms with E-state index in [4.69, 9.17) is 4.74 Å². The van der Waals surface area contributed by atoms with Gasteiger partial charge in [-0.05, 0) is 42.5 Å². The van der Waals surface area contributed by atoms with Crippen LogP contribution in [0.1, 0.15) is 5.56 Å². The summed E-state index contributed by atoms with van der Waals surface area (Å²) in [6.45, 7) is 0. The van der Waals surface area contributed by atoms with Gasteiger partial charge in [0.2, 0.25) is 0 Å². The molecule has 186 valence electrons. The van der Waals surface area contributed by atoms with E-state index in [1.54, 1.807) is 31.4 Å². The number of rotatable bonds is 10. The molecule has 10 nitrogen and oxygen atoms in total. The number of amides is 1. The van der Waals surface area contributed by atoms with Crippen LogP contribution in [0.5, 0.6) is 5.75 Å². The number of ether oxygens (including phenoxy) is 1. The summed E-state index contributed by atoms with van der Waals surface area (Å²) >= 11 is 1.22. The first kappa shape index (κ1) is 25.3. The van der Waals surface area contributed by atoms with Crippen LogP contribution in [0.15, 0.2) is 95.2 Å². The molecule has 1 amide bonds. The molecule has 0 saturated carbocycles. The minimum Gasteiger partial charge on any atom is -0.497 e. The quantitative estimate of drug-likeness (QED) is 0.140. The highest BCUT2D eigenvalue weighted by Crippen LogP contribution is 2.28. The van der Waals surface area contributed by atoms with Crippen molar-refractivity contribution in [1.29, 1.82) is 0 Å². The first-order chi connectivity index (χ1) is 18.1. The molecule has 0 bridgehead atoms. The van der Waals surface area contributed by atoms with Crippen LogP contribution in [0.25, 0.3) is 23.2 Å². The third kappa shape index (κ3) is 6.47. The molecule has 0 saturated heterocycles. The van der Waals surface area contributed by atoms with E-state index in [1.807, 2.05) is 59.2 Å². The zero-order valence-corrected chi connectivity index (χ0v) is 20.5. The summed E-state index contributed by atoms with van der Waals surface area (Å²) in [5, 5.41) is 24.2. The monoisotopic (exact) mass is 514 g/mol. The maximum absolute atomic E-state index is 12.4. The van der Waals surface area contributed by atoms with Crippen LogP contribution in [0.4, 0.5) is 5.69 Å². The predicted molar refractivity (Wildman–Crippen MR) is 143 cm³/mol. The Morgan fingerprint density at radius 2 is 1.81 bits per heavy atom. The van der Waals surface area contributed by atoms with E-state index in [9.17, 15) is 14.9 Å². The van der Waals surface area contributed by atoms with Crippen LogP contribution in [-0.4, -0.2) is 44.7 Å². The van der Waals surface area contributed by atoms with Crippen LogP contribution in [-0.2, 0) is 4.79 Å². The molecular weight excluding hydrogens is 492 g/mol. The molecule has 0 aliphatic carbocycles. The number of para-hydroxylation sites is 1. The molecule has 0 fully saturated rings. The van der Waals surface area contributed by atoms with Gasteiger partial charge in [0.05, 0.1) is 23.3 Å². The van der Waals surface area contributed by atoms with Crippen LogP contribution in [0.2, 0.25) is 0 Å². The van der Waals surface area contributed by atoms with Gasteiger partial charge in [-0.15, -0.1) is 10.2 Å². The van der Waals surface area contributed by atoms with Gasteiger partial charge in [0.25, 0.3) is 11.6 Å². The summed E-state index contributed by atoms with van der Waals surface area (Å²) in [5.41, 5.74) is 4.58. The third-order valence-corrected chi connectivity index (χ3v) is 6.02. The summed E-state index contributed by atoms with van der Waals surface area (Å²) in [7, 11) is 1.60. The lowest BCUT2D eigenvalue weighted by Gasteiger charge is -2.11. The van der Waals surface area contributed by atoms with E-state index in [0.29, 0.717) is 16.5 Å². The van der Waals surface area contributed by atoms with E-state index < -0.39 is 4.92 Å². The fraction of sp³-hybridized carbons (Fsp3) is 0.0769. The summed E-state index contributed by atoms with van der Waals surface area (Å²) in [6.07, 6.45) is 4.42. The Bertz CT molecular complexity index is 1440. The van der Waals surface area contributed by atoms with Crippen LogP contribution < -0.4 is 10.2 Å². The molecule has 1 aromatic heterocycles. The Morgan fingerprint density at radius 3 is 2.54 bits per heavy atom. The number of nitro groups is 1. The van der Waals surface area contributed by atoms with Gasteiger partial charge in [-0.2, -0.15) is 5.10 Å². The number of nitro benzene ring substituents is 1. The minimum absolute atomic E-state index is 0.0107. The fourth-order valence-corrected chi connectivity index (χ4v) is 4.10. The third-order valence-electron chi connectivity index (χ3n) is 5.09. The van der Waals surface area contributed by atoms with Crippen molar-refractivity contribution in [3.63, 3.8) is 0 Å². The lowest BCUT2D eigenvalue weighted by molar-refractivity contribution is -0.385. The van der Waals surface area contributed by atoms with Gasteiger partial charge >= 0.3 is 0 Å². The number of benzene rings is 3. The molecular formula is C26H22N6O4S. The van der Waals surface area contributed by atoms with Crippen molar-refractivity contribution < 1.29 is 14.5 Å². The Labute approximate surface area is 216 Å². The highest BCUT2D eigenvalue weighted by atomic mass is 32.2. The van der Waals surface area contributed by atoms with E-state index in [2.05, 4.69) is 20.7 Å². The normalized spacial score (nSPS) is 11.2. The van der Waals surface area contributed by atoms with E-state index in [1.165, 1.54) is 30.1 Å². The highest BCUT2D eigenvalue weighted by molar-refractivity contribution is 7.99. The number of carbonyl (C=O) groups excluding carboxylic acids is 1. The standard InChI is InChI=1S/C26H22N6O4S/c1-36-22-15-13-21(14-16-22)31-25(20-9-3-2-4-10-20)29-30-26(31)37-18-24(33)28-27-17-7-11-19-8-5-6-12-23(19)32(34)35/h2-17H,18H2,1H3,(H,28,33)/b11-7+,27-17+. The fourth-order valence-electron chi connectivity index (χ4n) is 3.36. The van der Waals surface area contributed by atoms with Crippen molar-refractivity contribution in [1.82, 2.24) is 20.2 Å². The minimum atomic E-state index is -0.455. The number of hydrogen-bond acceptors (Lipinski definition) is 8. The van der Waals surface area contributed by atoms with E-state index >= 15 is 0 Å². The predicted octanol–water partition coefficient (Wildman–Crippen LogP) is 4.76. The van der Waals surface area contributed by atoms with Crippen molar-refractivity contribution in [3.05, 3.63) is 101 Å². The number of aromatic nitrogens is 3.